The van der Waals surface area contributed by atoms with Crippen LogP contribution in [0.25, 0.3) is 0 Å². The SMILES string of the molecule is CCc1ccc(CN2CC(CCl)OC(C)(C)C2)cc1. The second-order valence-corrected chi connectivity index (χ2v) is 6.30. The first-order valence-electron chi connectivity index (χ1n) is 7.06. The normalized spacial score (nSPS) is 23.5. The van der Waals surface area contributed by atoms with Crippen LogP contribution in [0.4, 0.5) is 0 Å². The summed E-state index contributed by atoms with van der Waals surface area (Å²) in [6.07, 6.45) is 1.24. The van der Waals surface area contributed by atoms with Gasteiger partial charge in [-0.3, -0.25) is 4.90 Å². The van der Waals surface area contributed by atoms with Crippen LogP contribution in [0, 0.1) is 0 Å². The highest BCUT2D eigenvalue weighted by molar-refractivity contribution is 6.18. The van der Waals surface area contributed by atoms with E-state index in [4.69, 9.17) is 16.3 Å². The number of ether oxygens (including phenoxy) is 1. The van der Waals surface area contributed by atoms with Crippen LogP contribution < -0.4 is 0 Å². The van der Waals surface area contributed by atoms with Gasteiger partial charge in [0.05, 0.1) is 11.7 Å². The topological polar surface area (TPSA) is 12.5 Å². The van der Waals surface area contributed by atoms with Gasteiger partial charge in [0, 0.05) is 25.5 Å². The fourth-order valence-corrected chi connectivity index (χ4v) is 2.92. The first kappa shape index (κ1) is 14.8. The average Bonchev–Trinajstić information content (AvgIpc) is 2.37. The van der Waals surface area contributed by atoms with Gasteiger partial charge in [0.1, 0.15) is 0 Å². The number of benzene rings is 1. The molecular weight excluding hydrogens is 258 g/mol. The minimum Gasteiger partial charge on any atom is -0.368 e. The molecule has 1 unspecified atom stereocenters. The van der Waals surface area contributed by atoms with Crippen LogP contribution in [-0.4, -0.2) is 35.6 Å². The third-order valence-electron chi connectivity index (χ3n) is 3.56. The van der Waals surface area contributed by atoms with E-state index >= 15 is 0 Å². The molecule has 1 saturated heterocycles. The summed E-state index contributed by atoms with van der Waals surface area (Å²) in [7, 11) is 0. The van der Waals surface area contributed by atoms with Crippen molar-refractivity contribution in [1.29, 1.82) is 0 Å². The lowest BCUT2D eigenvalue weighted by Gasteiger charge is -2.42. The van der Waals surface area contributed by atoms with Crippen LogP contribution in [0.1, 0.15) is 31.9 Å². The maximum atomic E-state index is 5.96. The van der Waals surface area contributed by atoms with Gasteiger partial charge >= 0.3 is 0 Å². The molecule has 19 heavy (non-hydrogen) atoms. The Morgan fingerprint density at radius 1 is 1.26 bits per heavy atom. The molecule has 0 bridgehead atoms. The Morgan fingerprint density at radius 3 is 2.47 bits per heavy atom. The Labute approximate surface area is 121 Å². The molecule has 0 radical (unpaired) electrons. The minimum atomic E-state index is -0.110. The lowest BCUT2D eigenvalue weighted by atomic mass is 10.0. The molecule has 3 heteroatoms. The van der Waals surface area contributed by atoms with Crippen LogP contribution in [0.15, 0.2) is 24.3 Å². The number of morpholine rings is 1. The number of hydrogen-bond acceptors (Lipinski definition) is 2. The van der Waals surface area contributed by atoms with Crippen LogP contribution in [0.3, 0.4) is 0 Å². The quantitative estimate of drug-likeness (QED) is 0.784. The fraction of sp³-hybridized carbons (Fsp3) is 0.625. The van der Waals surface area contributed by atoms with Gasteiger partial charge in [-0.15, -0.1) is 11.6 Å². The van der Waals surface area contributed by atoms with Crippen molar-refractivity contribution in [2.24, 2.45) is 0 Å². The van der Waals surface area contributed by atoms with Gasteiger partial charge < -0.3 is 4.74 Å². The number of halogens is 1. The lowest BCUT2D eigenvalue weighted by molar-refractivity contribution is -0.129. The third kappa shape index (κ3) is 4.20. The van der Waals surface area contributed by atoms with Crippen molar-refractivity contribution in [3.63, 3.8) is 0 Å². The predicted molar refractivity (Wildman–Crippen MR) is 80.8 cm³/mol. The van der Waals surface area contributed by atoms with Gasteiger partial charge in [0.2, 0.25) is 0 Å². The summed E-state index contributed by atoms with van der Waals surface area (Å²) in [5.41, 5.74) is 2.65. The van der Waals surface area contributed by atoms with E-state index in [1.54, 1.807) is 0 Å². The van der Waals surface area contributed by atoms with Gasteiger partial charge in [-0.1, -0.05) is 31.2 Å². The van der Waals surface area contributed by atoms with E-state index in [0.717, 1.165) is 26.1 Å². The summed E-state index contributed by atoms with van der Waals surface area (Å²) in [5, 5.41) is 0. The lowest BCUT2D eigenvalue weighted by Crippen LogP contribution is -2.52. The minimum absolute atomic E-state index is 0.110. The maximum absolute atomic E-state index is 5.96. The first-order valence-corrected chi connectivity index (χ1v) is 7.60. The molecule has 2 rings (SSSR count). The number of hydrogen-bond donors (Lipinski definition) is 0. The molecule has 1 aromatic carbocycles. The summed E-state index contributed by atoms with van der Waals surface area (Å²) in [6, 6.07) is 8.91. The smallest absolute Gasteiger partial charge is 0.0845 e. The molecule has 1 heterocycles. The van der Waals surface area contributed by atoms with Gasteiger partial charge in [-0.25, -0.2) is 0 Å². The number of aryl methyl sites for hydroxylation is 1. The zero-order valence-electron chi connectivity index (χ0n) is 12.2. The molecule has 0 saturated carbocycles. The Balaban J connectivity index is 2.00. The molecule has 106 valence electrons. The van der Waals surface area contributed by atoms with Crippen LogP contribution in [0.5, 0.6) is 0 Å². The molecule has 0 spiro atoms. The zero-order chi connectivity index (χ0) is 13.9. The number of nitrogens with zero attached hydrogens (tertiary/aromatic N) is 1. The summed E-state index contributed by atoms with van der Waals surface area (Å²) < 4.78 is 5.95. The largest absolute Gasteiger partial charge is 0.368 e. The Hall–Kier alpha value is -0.570. The van der Waals surface area contributed by atoms with Crippen molar-refractivity contribution in [2.45, 2.75) is 45.4 Å². The van der Waals surface area contributed by atoms with Gasteiger partial charge in [-0.05, 0) is 31.4 Å². The number of rotatable bonds is 4. The van der Waals surface area contributed by atoms with E-state index < -0.39 is 0 Å². The van der Waals surface area contributed by atoms with Crippen molar-refractivity contribution in [3.05, 3.63) is 35.4 Å². The molecule has 1 atom stereocenters. The second-order valence-electron chi connectivity index (χ2n) is 5.99. The number of alkyl halides is 1. The highest BCUT2D eigenvalue weighted by Crippen LogP contribution is 2.23. The maximum Gasteiger partial charge on any atom is 0.0845 e. The summed E-state index contributed by atoms with van der Waals surface area (Å²) in [4.78, 5) is 2.44. The monoisotopic (exact) mass is 281 g/mol. The summed E-state index contributed by atoms with van der Waals surface area (Å²) in [6.45, 7) is 9.31. The van der Waals surface area contributed by atoms with Crippen LogP contribution in [-0.2, 0) is 17.7 Å². The van der Waals surface area contributed by atoms with E-state index in [-0.39, 0.29) is 11.7 Å². The van der Waals surface area contributed by atoms with Crippen molar-refractivity contribution in [1.82, 2.24) is 4.90 Å². The highest BCUT2D eigenvalue weighted by Gasteiger charge is 2.32. The van der Waals surface area contributed by atoms with Crippen LogP contribution in [0.2, 0.25) is 0 Å². The molecule has 0 aromatic heterocycles. The fourth-order valence-electron chi connectivity index (χ4n) is 2.76. The van der Waals surface area contributed by atoms with Gasteiger partial charge in [0.25, 0.3) is 0 Å². The van der Waals surface area contributed by atoms with Crippen LogP contribution >= 0.6 is 11.6 Å². The van der Waals surface area contributed by atoms with Gasteiger partial charge in [-0.2, -0.15) is 0 Å². The van der Waals surface area contributed by atoms with E-state index in [2.05, 4.69) is 49.9 Å². The average molecular weight is 282 g/mol. The predicted octanol–water partition coefficient (Wildman–Crippen LogP) is 3.47. The summed E-state index contributed by atoms with van der Waals surface area (Å²) in [5.74, 6) is 0.564. The van der Waals surface area contributed by atoms with Gasteiger partial charge in [0.15, 0.2) is 0 Å². The molecule has 0 N–H and O–H groups in total. The molecule has 0 amide bonds. The molecular formula is C16H24ClNO. The Morgan fingerprint density at radius 2 is 1.89 bits per heavy atom. The summed E-state index contributed by atoms with van der Waals surface area (Å²) >= 11 is 5.96. The van der Waals surface area contributed by atoms with Crippen molar-refractivity contribution >= 4 is 11.6 Å². The zero-order valence-corrected chi connectivity index (χ0v) is 12.9. The molecule has 0 aliphatic carbocycles. The van der Waals surface area contributed by atoms with Crippen molar-refractivity contribution in [3.8, 4) is 0 Å². The standard InChI is InChI=1S/C16H24ClNO/c1-4-13-5-7-14(8-6-13)10-18-11-15(9-17)19-16(2,3)12-18/h5-8,15H,4,9-12H2,1-3H3. The van der Waals surface area contributed by atoms with E-state index in [1.165, 1.54) is 11.1 Å². The molecule has 2 nitrogen and oxygen atoms in total. The second kappa shape index (κ2) is 6.25. The van der Waals surface area contributed by atoms with Crippen molar-refractivity contribution in [2.75, 3.05) is 19.0 Å². The Kier molecular flexibility index (Phi) is 4.88. The Bertz CT molecular complexity index is 402. The van der Waals surface area contributed by atoms with E-state index in [0.29, 0.717) is 5.88 Å². The molecule has 1 aliphatic rings. The highest BCUT2D eigenvalue weighted by atomic mass is 35.5. The van der Waals surface area contributed by atoms with E-state index in [1.807, 2.05) is 0 Å². The van der Waals surface area contributed by atoms with E-state index in [9.17, 15) is 0 Å². The molecule has 1 aromatic rings. The first-order chi connectivity index (χ1) is 9.02. The third-order valence-corrected chi connectivity index (χ3v) is 3.91. The molecule has 1 fully saturated rings. The molecule has 1 aliphatic heterocycles. The van der Waals surface area contributed by atoms with Crippen molar-refractivity contribution < 1.29 is 4.74 Å².